The monoisotopic (exact) mass is 301 g/mol. The highest BCUT2D eigenvalue weighted by Crippen LogP contribution is 2.24. The molecule has 0 spiro atoms. The number of pyridine rings is 1. The van der Waals surface area contributed by atoms with Gasteiger partial charge in [-0.1, -0.05) is 25.7 Å². The van der Waals surface area contributed by atoms with Crippen LogP contribution in [0.3, 0.4) is 0 Å². The zero-order valence-electron chi connectivity index (χ0n) is 13.3. The minimum absolute atomic E-state index is 0.196. The molecule has 2 aliphatic rings. The molecule has 4 heteroatoms. The number of hydrogen-bond acceptors (Lipinski definition) is 3. The van der Waals surface area contributed by atoms with Crippen molar-refractivity contribution in [1.82, 2.24) is 10.3 Å². The molecule has 1 aromatic rings. The van der Waals surface area contributed by atoms with Crippen LogP contribution in [-0.2, 0) is 4.79 Å². The van der Waals surface area contributed by atoms with Crippen LogP contribution >= 0.6 is 0 Å². The topological polar surface area (TPSA) is 45.2 Å². The van der Waals surface area contributed by atoms with Gasteiger partial charge in [-0.2, -0.15) is 0 Å². The molecule has 120 valence electrons. The van der Waals surface area contributed by atoms with E-state index in [0.29, 0.717) is 11.9 Å². The second-order valence-electron chi connectivity index (χ2n) is 6.66. The van der Waals surface area contributed by atoms with E-state index in [2.05, 4.69) is 15.2 Å². The third-order valence-electron chi connectivity index (χ3n) is 5.10. The first-order chi connectivity index (χ1) is 10.8. The summed E-state index contributed by atoms with van der Waals surface area (Å²) in [6, 6.07) is 4.52. The Kier molecular flexibility index (Phi) is 5.30. The van der Waals surface area contributed by atoms with Crippen molar-refractivity contribution < 1.29 is 4.79 Å². The average Bonchev–Trinajstić information content (AvgIpc) is 2.84. The number of hydrogen-bond donors (Lipinski definition) is 1. The summed E-state index contributed by atoms with van der Waals surface area (Å²) in [7, 11) is 0. The predicted octanol–water partition coefficient (Wildman–Crippen LogP) is 3.14. The third kappa shape index (κ3) is 3.99. The van der Waals surface area contributed by atoms with E-state index in [1.54, 1.807) is 0 Å². The highest BCUT2D eigenvalue weighted by molar-refractivity contribution is 5.79. The van der Waals surface area contributed by atoms with Crippen LogP contribution in [0.5, 0.6) is 0 Å². The molecule has 0 aromatic carbocycles. The van der Waals surface area contributed by atoms with Crippen molar-refractivity contribution in [1.29, 1.82) is 0 Å². The summed E-state index contributed by atoms with van der Waals surface area (Å²) in [6.07, 6.45) is 13.1. The van der Waals surface area contributed by atoms with Crippen LogP contribution in [0.25, 0.3) is 0 Å². The van der Waals surface area contributed by atoms with Gasteiger partial charge in [0.1, 0.15) is 0 Å². The lowest BCUT2D eigenvalue weighted by molar-refractivity contribution is -0.126. The summed E-state index contributed by atoms with van der Waals surface area (Å²) >= 11 is 0. The summed E-state index contributed by atoms with van der Waals surface area (Å²) in [5.74, 6) is 0.489. The molecule has 0 bridgehead atoms. The maximum atomic E-state index is 12.5. The fourth-order valence-electron chi connectivity index (χ4n) is 3.70. The largest absolute Gasteiger partial charge is 0.371 e. The molecule has 22 heavy (non-hydrogen) atoms. The number of nitrogens with zero attached hydrogens (tertiary/aromatic N) is 2. The smallest absolute Gasteiger partial charge is 0.223 e. The first-order valence-corrected chi connectivity index (χ1v) is 8.78. The quantitative estimate of drug-likeness (QED) is 0.872. The van der Waals surface area contributed by atoms with Crippen molar-refractivity contribution in [2.45, 2.75) is 57.4 Å². The van der Waals surface area contributed by atoms with Gasteiger partial charge in [0.15, 0.2) is 0 Å². The van der Waals surface area contributed by atoms with Crippen LogP contribution in [0, 0.1) is 5.92 Å². The Balaban J connectivity index is 1.47. The zero-order chi connectivity index (χ0) is 15.2. The van der Waals surface area contributed by atoms with E-state index in [1.165, 1.54) is 44.2 Å². The number of aromatic nitrogens is 1. The number of nitrogens with one attached hydrogen (secondary N) is 1. The Bertz CT molecular complexity index is 460. The van der Waals surface area contributed by atoms with E-state index in [9.17, 15) is 4.79 Å². The van der Waals surface area contributed by atoms with Gasteiger partial charge in [0, 0.05) is 43.1 Å². The van der Waals surface area contributed by atoms with Crippen LogP contribution < -0.4 is 10.2 Å². The Hall–Kier alpha value is -1.58. The molecule has 1 saturated carbocycles. The predicted molar refractivity (Wildman–Crippen MR) is 88.8 cm³/mol. The van der Waals surface area contributed by atoms with Crippen LogP contribution in [0.2, 0.25) is 0 Å². The van der Waals surface area contributed by atoms with Crippen molar-refractivity contribution in [2.24, 2.45) is 5.92 Å². The molecule has 0 unspecified atom stereocenters. The van der Waals surface area contributed by atoms with Crippen molar-refractivity contribution in [3.05, 3.63) is 24.5 Å². The summed E-state index contributed by atoms with van der Waals surface area (Å²) in [6.45, 7) is 1.93. The molecule has 1 N–H and O–H groups in total. The summed E-state index contributed by atoms with van der Waals surface area (Å²) in [5.41, 5.74) is 1.22. The molecule has 2 fully saturated rings. The molecule has 3 rings (SSSR count). The van der Waals surface area contributed by atoms with Gasteiger partial charge in [-0.15, -0.1) is 0 Å². The van der Waals surface area contributed by atoms with Gasteiger partial charge in [0.2, 0.25) is 5.91 Å². The number of rotatable bonds is 3. The lowest BCUT2D eigenvalue weighted by atomic mass is 9.94. The minimum Gasteiger partial charge on any atom is -0.371 e. The lowest BCUT2D eigenvalue weighted by Crippen LogP contribution is -2.43. The van der Waals surface area contributed by atoms with Crippen molar-refractivity contribution >= 4 is 11.6 Å². The van der Waals surface area contributed by atoms with E-state index in [-0.39, 0.29) is 5.92 Å². The molecular weight excluding hydrogens is 274 g/mol. The van der Waals surface area contributed by atoms with E-state index < -0.39 is 0 Å². The number of carbonyl (C=O) groups excluding carboxylic acids is 1. The summed E-state index contributed by atoms with van der Waals surface area (Å²) < 4.78 is 0. The third-order valence-corrected chi connectivity index (χ3v) is 5.10. The second-order valence-corrected chi connectivity index (χ2v) is 6.66. The normalized spacial score (nSPS) is 21.4. The molecule has 1 aliphatic carbocycles. The van der Waals surface area contributed by atoms with E-state index in [4.69, 9.17) is 0 Å². The number of amides is 1. The number of carbonyl (C=O) groups is 1. The molecular formula is C18H27N3O. The van der Waals surface area contributed by atoms with Gasteiger partial charge in [-0.05, 0) is 37.8 Å². The van der Waals surface area contributed by atoms with Crippen LogP contribution in [0.15, 0.2) is 24.5 Å². The number of anilines is 1. The van der Waals surface area contributed by atoms with Crippen LogP contribution in [0.1, 0.15) is 51.4 Å². The highest BCUT2D eigenvalue weighted by Gasteiger charge is 2.26. The van der Waals surface area contributed by atoms with Gasteiger partial charge in [0.05, 0.1) is 0 Å². The van der Waals surface area contributed by atoms with Crippen molar-refractivity contribution in [2.75, 3.05) is 18.0 Å². The van der Waals surface area contributed by atoms with E-state index in [1.807, 2.05) is 24.5 Å². The van der Waals surface area contributed by atoms with Gasteiger partial charge < -0.3 is 10.2 Å². The lowest BCUT2D eigenvalue weighted by Gasteiger charge is -2.33. The minimum atomic E-state index is 0.196. The van der Waals surface area contributed by atoms with Gasteiger partial charge in [-0.25, -0.2) is 0 Å². The molecule has 1 saturated heterocycles. The maximum Gasteiger partial charge on any atom is 0.223 e. The van der Waals surface area contributed by atoms with Crippen molar-refractivity contribution in [3.63, 3.8) is 0 Å². The first-order valence-electron chi connectivity index (χ1n) is 8.78. The highest BCUT2D eigenvalue weighted by atomic mass is 16.1. The zero-order valence-corrected chi connectivity index (χ0v) is 13.3. The standard InChI is InChI=1S/C18H27N3O/c22-18(20-16-5-3-1-2-4-6-16)15-9-13-21(14-10-15)17-7-11-19-12-8-17/h7-8,11-12,15-16H,1-6,9-10,13-14H2,(H,20,22). The van der Waals surface area contributed by atoms with E-state index in [0.717, 1.165) is 25.9 Å². The molecule has 1 aromatic heterocycles. The van der Waals surface area contributed by atoms with Gasteiger partial charge in [-0.3, -0.25) is 9.78 Å². The molecule has 4 nitrogen and oxygen atoms in total. The number of piperidine rings is 1. The Morgan fingerprint density at radius 1 is 1.00 bits per heavy atom. The second kappa shape index (κ2) is 7.61. The fraction of sp³-hybridized carbons (Fsp3) is 0.667. The Morgan fingerprint density at radius 3 is 2.27 bits per heavy atom. The Labute approximate surface area is 133 Å². The molecule has 1 amide bonds. The van der Waals surface area contributed by atoms with Gasteiger partial charge >= 0.3 is 0 Å². The van der Waals surface area contributed by atoms with Crippen LogP contribution in [0.4, 0.5) is 5.69 Å². The first kappa shape index (κ1) is 15.3. The molecule has 1 aliphatic heterocycles. The SMILES string of the molecule is O=C(NC1CCCCCC1)C1CCN(c2ccncc2)CC1. The van der Waals surface area contributed by atoms with Gasteiger partial charge in [0.25, 0.3) is 0 Å². The molecule has 0 radical (unpaired) electrons. The fourth-order valence-corrected chi connectivity index (χ4v) is 3.70. The Morgan fingerprint density at radius 2 is 1.64 bits per heavy atom. The maximum absolute atomic E-state index is 12.5. The molecule has 0 atom stereocenters. The average molecular weight is 301 g/mol. The molecule has 2 heterocycles. The summed E-state index contributed by atoms with van der Waals surface area (Å²) in [4.78, 5) is 18.9. The van der Waals surface area contributed by atoms with Crippen molar-refractivity contribution in [3.8, 4) is 0 Å². The van der Waals surface area contributed by atoms with Crippen LogP contribution in [-0.4, -0.2) is 30.0 Å². The summed E-state index contributed by atoms with van der Waals surface area (Å²) in [5, 5.41) is 3.32. The van der Waals surface area contributed by atoms with E-state index >= 15 is 0 Å².